The smallest absolute Gasteiger partial charge is 0.305 e. The Bertz CT molecular complexity index is 365. The molecule has 0 radical (unpaired) electrons. The van der Waals surface area contributed by atoms with Gasteiger partial charge < -0.3 is 9.84 Å². The molecule has 2 unspecified atom stereocenters. The fourth-order valence-corrected chi connectivity index (χ4v) is 1.48. The first-order valence-electron chi connectivity index (χ1n) is 5.05. The van der Waals surface area contributed by atoms with Crippen LogP contribution in [0.15, 0.2) is 24.3 Å². The van der Waals surface area contributed by atoms with E-state index in [9.17, 15) is 14.3 Å². The van der Waals surface area contributed by atoms with E-state index in [4.69, 9.17) is 0 Å². The van der Waals surface area contributed by atoms with Gasteiger partial charge >= 0.3 is 5.97 Å². The molecule has 1 aromatic rings. The molecule has 0 aromatic heterocycles. The molecule has 1 N–H and O–H groups in total. The quantitative estimate of drug-likeness (QED) is 0.799. The van der Waals surface area contributed by atoms with E-state index in [-0.39, 0.29) is 17.9 Å². The van der Waals surface area contributed by atoms with Crippen LogP contribution in [-0.4, -0.2) is 18.2 Å². The van der Waals surface area contributed by atoms with Crippen LogP contribution in [0, 0.1) is 11.7 Å². The van der Waals surface area contributed by atoms with Crippen LogP contribution < -0.4 is 0 Å². The Hall–Kier alpha value is -1.42. The molecule has 0 bridgehead atoms. The van der Waals surface area contributed by atoms with Crippen molar-refractivity contribution >= 4 is 5.97 Å². The van der Waals surface area contributed by atoms with Gasteiger partial charge in [0, 0.05) is 5.56 Å². The second-order valence-corrected chi connectivity index (χ2v) is 3.72. The van der Waals surface area contributed by atoms with E-state index >= 15 is 0 Å². The van der Waals surface area contributed by atoms with Crippen LogP contribution in [0.3, 0.4) is 0 Å². The van der Waals surface area contributed by atoms with E-state index in [0.29, 0.717) is 0 Å². The normalized spacial score (nSPS) is 14.2. The van der Waals surface area contributed by atoms with Crippen LogP contribution in [0.25, 0.3) is 0 Å². The van der Waals surface area contributed by atoms with Gasteiger partial charge in [0.2, 0.25) is 0 Å². The van der Waals surface area contributed by atoms with Gasteiger partial charge in [0.15, 0.2) is 0 Å². The lowest BCUT2D eigenvalue weighted by Gasteiger charge is -2.18. The van der Waals surface area contributed by atoms with Crippen molar-refractivity contribution in [3.8, 4) is 0 Å². The third-order valence-corrected chi connectivity index (χ3v) is 2.48. The number of carbonyl (C=O) groups is 1. The number of hydrogen-bond donors (Lipinski definition) is 1. The molecule has 0 fully saturated rings. The first-order chi connectivity index (χ1) is 7.56. The standard InChI is InChI=1S/C12H15FO3/c1-8(7-11(14)16-2)12(15)9-5-3-4-6-10(9)13/h3-6,8,12,15H,7H2,1-2H3. The summed E-state index contributed by atoms with van der Waals surface area (Å²) in [4.78, 5) is 11.0. The molecule has 0 aliphatic rings. The van der Waals surface area contributed by atoms with Gasteiger partial charge in [0.25, 0.3) is 0 Å². The van der Waals surface area contributed by atoms with Crippen molar-refractivity contribution in [2.75, 3.05) is 7.11 Å². The molecular weight excluding hydrogens is 211 g/mol. The van der Waals surface area contributed by atoms with Crippen molar-refractivity contribution in [1.29, 1.82) is 0 Å². The molecule has 0 aliphatic heterocycles. The van der Waals surface area contributed by atoms with Crippen LogP contribution in [0.1, 0.15) is 25.0 Å². The molecular formula is C12H15FO3. The van der Waals surface area contributed by atoms with Gasteiger partial charge in [-0.1, -0.05) is 25.1 Å². The second kappa shape index (κ2) is 5.61. The molecule has 0 spiro atoms. The summed E-state index contributed by atoms with van der Waals surface area (Å²) in [6.07, 6.45) is -0.938. The molecule has 88 valence electrons. The zero-order chi connectivity index (χ0) is 12.1. The number of hydrogen-bond acceptors (Lipinski definition) is 3. The number of aliphatic hydroxyl groups excluding tert-OH is 1. The van der Waals surface area contributed by atoms with Gasteiger partial charge in [-0.25, -0.2) is 4.39 Å². The number of ether oxygens (including phenoxy) is 1. The van der Waals surface area contributed by atoms with Gasteiger partial charge in [-0.3, -0.25) is 4.79 Å². The molecule has 0 heterocycles. The average molecular weight is 226 g/mol. The maximum absolute atomic E-state index is 13.3. The molecule has 16 heavy (non-hydrogen) atoms. The van der Waals surface area contributed by atoms with Gasteiger partial charge in [0.1, 0.15) is 5.82 Å². The van der Waals surface area contributed by atoms with Crippen LogP contribution >= 0.6 is 0 Å². The Morgan fingerprint density at radius 2 is 2.12 bits per heavy atom. The Labute approximate surface area is 93.9 Å². The number of aliphatic hydroxyl groups is 1. The van der Waals surface area contributed by atoms with E-state index in [1.807, 2.05) is 0 Å². The Morgan fingerprint density at radius 3 is 2.69 bits per heavy atom. The van der Waals surface area contributed by atoms with Crippen molar-refractivity contribution in [3.63, 3.8) is 0 Å². The van der Waals surface area contributed by atoms with E-state index in [1.165, 1.54) is 19.2 Å². The molecule has 0 aliphatic carbocycles. The summed E-state index contributed by atoms with van der Waals surface area (Å²) < 4.78 is 17.8. The third-order valence-electron chi connectivity index (χ3n) is 2.48. The number of halogens is 1. The molecule has 4 heteroatoms. The second-order valence-electron chi connectivity index (χ2n) is 3.72. The summed E-state index contributed by atoms with van der Waals surface area (Å²) in [5, 5.41) is 9.87. The first-order valence-corrected chi connectivity index (χ1v) is 5.05. The average Bonchev–Trinajstić information content (AvgIpc) is 2.28. The number of rotatable bonds is 4. The largest absolute Gasteiger partial charge is 0.469 e. The van der Waals surface area contributed by atoms with Crippen molar-refractivity contribution in [1.82, 2.24) is 0 Å². The molecule has 0 saturated heterocycles. The molecule has 1 rings (SSSR count). The first kappa shape index (κ1) is 12.6. The minimum absolute atomic E-state index is 0.0615. The maximum atomic E-state index is 13.3. The summed E-state index contributed by atoms with van der Waals surface area (Å²) >= 11 is 0. The summed E-state index contributed by atoms with van der Waals surface area (Å²) in [5.41, 5.74) is 0.207. The van der Waals surface area contributed by atoms with Crippen LogP contribution in [0.4, 0.5) is 4.39 Å². The maximum Gasteiger partial charge on any atom is 0.305 e. The van der Waals surface area contributed by atoms with Crippen molar-refractivity contribution in [2.45, 2.75) is 19.4 Å². The predicted molar refractivity (Wildman–Crippen MR) is 57.2 cm³/mol. The molecule has 2 atom stereocenters. The summed E-state index contributed by atoms with van der Waals surface area (Å²) in [6, 6.07) is 5.99. The lowest BCUT2D eigenvalue weighted by Crippen LogP contribution is -2.15. The Balaban J connectivity index is 2.74. The number of methoxy groups -OCH3 is 1. The lowest BCUT2D eigenvalue weighted by atomic mass is 9.94. The Kier molecular flexibility index (Phi) is 4.43. The highest BCUT2D eigenvalue weighted by Gasteiger charge is 2.22. The molecule has 3 nitrogen and oxygen atoms in total. The van der Waals surface area contributed by atoms with Gasteiger partial charge in [-0.2, -0.15) is 0 Å². The number of benzene rings is 1. The predicted octanol–water partition coefficient (Wildman–Crippen LogP) is 2.06. The van der Waals surface area contributed by atoms with E-state index in [2.05, 4.69) is 4.74 Å². The third kappa shape index (κ3) is 3.03. The fourth-order valence-electron chi connectivity index (χ4n) is 1.48. The van der Waals surface area contributed by atoms with E-state index in [0.717, 1.165) is 0 Å². The highest BCUT2D eigenvalue weighted by Crippen LogP contribution is 2.26. The number of esters is 1. The lowest BCUT2D eigenvalue weighted by molar-refractivity contribution is -0.142. The zero-order valence-electron chi connectivity index (χ0n) is 9.31. The summed E-state index contributed by atoms with van der Waals surface area (Å²) in [7, 11) is 1.28. The minimum atomic E-state index is -1.000. The molecule has 0 amide bonds. The van der Waals surface area contributed by atoms with Crippen LogP contribution in [0.2, 0.25) is 0 Å². The van der Waals surface area contributed by atoms with Crippen LogP contribution in [-0.2, 0) is 9.53 Å². The molecule has 1 aromatic carbocycles. The van der Waals surface area contributed by atoms with Gasteiger partial charge in [-0.15, -0.1) is 0 Å². The molecule has 0 saturated carbocycles. The summed E-state index contributed by atoms with van der Waals surface area (Å²) in [6.45, 7) is 1.67. The van der Waals surface area contributed by atoms with Gasteiger partial charge in [-0.05, 0) is 12.0 Å². The summed E-state index contributed by atoms with van der Waals surface area (Å²) in [5.74, 6) is -1.26. The van der Waals surface area contributed by atoms with Crippen molar-refractivity contribution in [2.24, 2.45) is 5.92 Å². The highest BCUT2D eigenvalue weighted by molar-refractivity contribution is 5.69. The monoisotopic (exact) mass is 226 g/mol. The Morgan fingerprint density at radius 1 is 1.50 bits per heavy atom. The zero-order valence-corrected chi connectivity index (χ0v) is 9.31. The highest BCUT2D eigenvalue weighted by atomic mass is 19.1. The minimum Gasteiger partial charge on any atom is -0.469 e. The fraction of sp³-hybridized carbons (Fsp3) is 0.417. The number of carbonyl (C=O) groups excluding carboxylic acids is 1. The van der Waals surface area contributed by atoms with Crippen LogP contribution in [0.5, 0.6) is 0 Å². The van der Waals surface area contributed by atoms with Crippen molar-refractivity contribution in [3.05, 3.63) is 35.6 Å². The SMILES string of the molecule is COC(=O)CC(C)C(O)c1ccccc1F. The topological polar surface area (TPSA) is 46.5 Å². The van der Waals surface area contributed by atoms with Crippen molar-refractivity contribution < 1.29 is 19.0 Å². The van der Waals surface area contributed by atoms with Gasteiger partial charge in [0.05, 0.1) is 19.6 Å². The van der Waals surface area contributed by atoms with E-state index < -0.39 is 17.9 Å². The van der Waals surface area contributed by atoms with E-state index in [1.54, 1.807) is 19.1 Å².